The van der Waals surface area contributed by atoms with Crippen LogP contribution in [0.25, 0.3) is 22.5 Å². The second-order valence-corrected chi connectivity index (χ2v) is 8.68. The standard InChI is InChI=1S/C29H31FN4O2/c1-4-6-7-26-33-28(20-9-11-22(30)12-10-20)29(34-26)21-14-15-31-27(18-21)32-24-17-19(16-23(35)5-2)8-13-25(24)36-3/h8-15,17-18H,4-7,16H2,1-3H3,(H,31,32)(H,33,34). The molecular formula is C29H31FN4O2. The van der Waals surface area contributed by atoms with E-state index in [9.17, 15) is 9.18 Å². The number of H-pyrrole nitrogens is 1. The first-order valence-corrected chi connectivity index (χ1v) is 12.3. The smallest absolute Gasteiger partial charge is 0.142 e. The number of aromatic nitrogens is 3. The predicted octanol–water partition coefficient (Wildman–Crippen LogP) is 6.89. The molecule has 2 aromatic carbocycles. The summed E-state index contributed by atoms with van der Waals surface area (Å²) in [4.78, 5) is 24.8. The molecule has 0 aliphatic carbocycles. The minimum absolute atomic E-state index is 0.178. The lowest BCUT2D eigenvalue weighted by atomic mass is 10.1. The number of methoxy groups -OCH3 is 1. The number of nitrogens with zero attached hydrogens (tertiary/aromatic N) is 2. The normalized spacial score (nSPS) is 10.9. The number of aromatic amines is 1. The van der Waals surface area contributed by atoms with Crippen LogP contribution in [0.1, 0.15) is 44.5 Å². The largest absolute Gasteiger partial charge is 0.495 e. The summed E-state index contributed by atoms with van der Waals surface area (Å²) in [6, 6.07) is 15.9. The molecule has 0 saturated carbocycles. The topological polar surface area (TPSA) is 79.9 Å². The molecule has 0 aliphatic heterocycles. The number of ether oxygens (including phenoxy) is 1. The van der Waals surface area contributed by atoms with Crippen molar-refractivity contribution in [3.63, 3.8) is 0 Å². The maximum Gasteiger partial charge on any atom is 0.142 e. The summed E-state index contributed by atoms with van der Waals surface area (Å²) in [5, 5.41) is 3.34. The number of imidazole rings is 1. The van der Waals surface area contributed by atoms with Gasteiger partial charge in [-0.1, -0.05) is 26.3 Å². The quantitative estimate of drug-likeness (QED) is 0.241. The Morgan fingerprint density at radius 1 is 1.06 bits per heavy atom. The van der Waals surface area contributed by atoms with Gasteiger partial charge in [-0.05, 0) is 60.5 Å². The van der Waals surface area contributed by atoms with Gasteiger partial charge in [0, 0.05) is 36.6 Å². The zero-order valence-electron chi connectivity index (χ0n) is 20.9. The van der Waals surface area contributed by atoms with Crippen LogP contribution in [-0.4, -0.2) is 27.8 Å². The van der Waals surface area contributed by atoms with Crippen molar-refractivity contribution in [2.75, 3.05) is 12.4 Å². The van der Waals surface area contributed by atoms with Gasteiger partial charge >= 0.3 is 0 Å². The fourth-order valence-corrected chi connectivity index (χ4v) is 4.02. The lowest BCUT2D eigenvalue weighted by Gasteiger charge is -2.13. The number of carbonyl (C=O) groups excluding carboxylic acids is 1. The first-order chi connectivity index (χ1) is 17.5. The summed E-state index contributed by atoms with van der Waals surface area (Å²) in [6.07, 6.45) is 5.52. The van der Waals surface area contributed by atoms with E-state index in [1.807, 2.05) is 37.3 Å². The third-order valence-electron chi connectivity index (χ3n) is 6.01. The number of halogens is 1. The molecule has 0 saturated heterocycles. The Balaban J connectivity index is 1.69. The maximum absolute atomic E-state index is 13.6. The van der Waals surface area contributed by atoms with Crippen LogP contribution in [0.2, 0.25) is 0 Å². The van der Waals surface area contributed by atoms with Gasteiger partial charge in [0.05, 0.1) is 24.2 Å². The maximum atomic E-state index is 13.6. The van der Waals surface area contributed by atoms with E-state index in [2.05, 4.69) is 22.2 Å². The molecule has 0 fully saturated rings. The lowest BCUT2D eigenvalue weighted by Crippen LogP contribution is -2.02. The number of hydrogen-bond acceptors (Lipinski definition) is 5. The number of hydrogen-bond donors (Lipinski definition) is 2. The summed E-state index contributed by atoms with van der Waals surface area (Å²) in [7, 11) is 1.61. The molecule has 6 nitrogen and oxygen atoms in total. The Labute approximate surface area is 211 Å². The van der Waals surface area contributed by atoms with Crippen LogP contribution >= 0.6 is 0 Å². The van der Waals surface area contributed by atoms with E-state index in [0.717, 1.165) is 58.9 Å². The highest BCUT2D eigenvalue weighted by molar-refractivity contribution is 5.82. The first-order valence-electron chi connectivity index (χ1n) is 12.3. The highest BCUT2D eigenvalue weighted by atomic mass is 19.1. The van der Waals surface area contributed by atoms with Gasteiger partial charge in [-0.25, -0.2) is 14.4 Å². The molecular weight excluding hydrogens is 455 g/mol. The number of unbranched alkanes of at least 4 members (excludes halogenated alkanes) is 1. The van der Waals surface area contributed by atoms with Crippen LogP contribution in [0.15, 0.2) is 60.8 Å². The summed E-state index contributed by atoms with van der Waals surface area (Å²) in [5.41, 5.74) is 5.01. The monoisotopic (exact) mass is 486 g/mol. The number of rotatable bonds is 11. The molecule has 4 aromatic rings. The van der Waals surface area contributed by atoms with Gasteiger partial charge in [0.15, 0.2) is 0 Å². The molecule has 36 heavy (non-hydrogen) atoms. The predicted molar refractivity (Wildman–Crippen MR) is 141 cm³/mol. The summed E-state index contributed by atoms with van der Waals surface area (Å²) < 4.78 is 19.1. The summed E-state index contributed by atoms with van der Waals surface area (Å²) >= 11 is 0. The molecule has 2 aromatic heterocycles. The zero-order valence-corrected chi connectivity index (χ0v) is 20.9. The fourth-order valence-electron chi connectivity index (χ4n) is 4.02. The van der Waals surface area contributed by atoms with E-state index in [-0.39, 0.29) is 11.6 Å². The minimum atomic E-state index is -0.279. The minimum Gasteiger partial charge on any atom is -0.495 e. The van der Waals surface area contributed by atoms with E-state index < -0.39 is 0 Å². The molecule has 0 unspecified atom stereocenters. The highest BCUT2D eigenvalue weighted by Crippen LogP contribution is 2.33. The van der Waals surface area contributed by atoms with Crippen LogP contribution in [0.3, 0.4) is 0 Å². The van der Waals surface area contributed by atoms with Crippen molar-refractivity contribution in [1.29, 1.82) is 0 Å². The molecule has 7 heteroatoms. The van der Waals surface area contributed by atoms with Crippen molar-refractivity contribution in [3.8, 4) is 28.3 Å². The zero-order chi connectivity index (χ0) is 25.5. The van der Waals surface area contributed by atoms with Crippen LogP contribution in [-0.2, 0) is 17.6 Å². The summed E-state index contributed by atoms with van der Waals surface area (Å²) in [5.74, 6) is 2.07. The Bertz CT molecular complexity index is 1330. The average Bonchev–Trinajstić information content (AvgIpc) is 3.32. The van der Waals surface area contributed by atoms with Gasteiger partial charge in [-0.2, -0.15) is 0 Å². The number of carbonyl (C=O) groups is 1. The molecule has 0 radical (unpaired) electrons. The highest BCUT2D eigenvalue weighted by Gasteiger charge is 2.16. The van der Waals surface area contributed by atoms with Crippen molar-refractivity contribution >= 4 is 17.3 Å². The van der Waals surface area contributed by atoms with Crippen molar-refractivity contribution in [2.45, 2.75) is 46.0 Å². The Kier molecular flexibility index (Phi) is 8.10. The van der Waals surface area contributed by atoms with Crippen molar-refractivity contribution in [2.24, 2.45) is 0 Å². The third kappa shape index (κ3) is 5.97. The lowest BCUT2D eigenvalue weighted by molar-refractivity contribution is -0.118. The Hall–Kier alpha value is -4.00. The number of ketones is 1. The SMILES string of the molecule is CCCCc1nc(-c2ccnc(Nc3cc(CC(=O)CC)ccc3OC)c2)c(-c2ccc(F)cc2)[nH]1. The molecule has 0 bridgehead atoms. The van der Waals surface area contributed by atoms with Gasteiger partial charge < -0.3 is 15.0 Å². The van der Waals surface area contributed by atoms with Crippen molar-refractivity contribution < 1.29 is 13.9 Å². The van der Waals surface area contributed by atoms with Crippen molar-refractivity contribution in [1.82, 2.24) is 15.0 Å². The van der Waals surface area contributed by atoms with E-state index in [1.54, 1.807) is 25.4 Å². The second kappa shape index (κ2) is 11.6. The average molecular weight is 487 g/mol. The number of benzene rings is 2. The number of nitrogens with one attached hydrogen (secondary N) is 2. The number of anilines is 2. The van der Waals surface area contributed by atoms with E-state index in [4.69, 9.17) is 9.72 Å². The second-order valence-electron chi connectivity index (χ2n) is 8.68. The van der Waals surface area contributed by atoms with Crippen LogP contribution < -0.4 is 10.1 Å². The Morgan fingerprint density at radius 3 is 2.58 bits per heavy atom. The van der Waals surface area contributed by atoms with Gasteiger partial charge in [0.25, 0.3) is 0 Å². The first kappa shape index (κ1) is 25.1. The van der Waals surface area contributed by atoms with Gasteiger partial charge in [-0.3, -0.25) is 4.79 Å². The molecule has 2 heterocycles. The molecule has 4 rings (SSSR count). The van der Waals surface area contributed by atoms with E-state index >= 15 is 0 Å². The van der Waals surface area contributed by atoms with Crippen molar-refractivity contribution in [3.05, 3.63) is 78.0 Å². The molecule has 0 aliphatic rings. The third-order valence-corrected chi connectivity index (χ3v) is 6.01. The van der Waals surface area contributed by atoms with Crippen LogP contribution in [0.4, 0.5) is 15.9 Å². The number of aryl methyl sites for hydroxylation is 1. The van der Waals surface area contributed by atoms with E-state index in [1.165, 1.54) is 12.1 Å². The molecule has 0 spiro atoms. The van der Waals surface area contributed by atoms with Crippen LogP contribution in [0, 0.1) is 5.82 Å². The number of pyridine rings is 1. The molecule has 2 N–H and O–H groups in total. The molecule has 0 atom stereocenters. The molecule has 0 amide bonds. The van der Waals surface area contributed by atoms with Gasteiger partial charge in [0.2, 0.25) is 0 Å². The van der Waals surface area contributed by atoms with Crippen LogP contribution in [0.5, 0.6) is 5.75 Å². The summed E-state index contributed by atoms with van der Waals surface area (Å²) in [6.45, 7) is 4.01. The number of Topliss-reactive ketones (excluding diaryl/α,β-unsaturated/α-hetero) is 1. The fraction of sp³-hybridized carbons (Fsp3) is 0.276. The van der Waals surface area contributed by atoms with Gasteiger partial charge in [0.1, 0.15) is 29.0 Å². The van der Waals surface area contributed by atoms with E-state index in [0.29, 0.717) is 24.4 Å². The molecule has 186 valence electrons. The Morgan fingerprint density at radius 2 is 1.86 bits per heavy atom. The van der Waals surface area contributed by atoms with Gasteiger partial charge in [-0.15, -0.1) is 0 Å².